The SMILES string of the molecule is CC(=O)Nc1cccc([As](=O)(O)O)c1O.O=C(O)c1c(I)cc(I)cc1I. The van der Waals surface area contributed by atoms with Gasteiger partial charge in [-0.3, -0.25) is 0 Å². The third kappa shape index (κ3) is 7.53. The number of aromatic carboxylic acids is 1. The van der Waals surface area contributed by atoms with E-state index in [2.05, 4.69) is 27.9 Å². The van der Waals surface area contributed by atoms with Gasteiger partial charge in [0.05, 0.1) is 5.56 Å². The Labute approximate surface area is 198 Å². The van der Waals surface area contributed by atoms with Gasteiger partial charge in [0.25, 0.3) is 0 Å². The molecule has 27 heavy (non-hydrogen) atoms. The van der Waals surface area contributed by atoms with Crippen LogP contribution in [-0.4, -0.2) is 44.5 Å². The monoisotopic (exact) mass is 775 g/mol. The summed E-state index contributed by atoms with van der Waals surface area (Å²) < 4.78 is 31.0. The average Bonchev–Trinajstić information content (AvgIpc) is 2.46. The zero-order chi connectivity index (χ0) is 20.9. The van der Waals surface area contributed by atoms with E-state index in [4.69, 9.17) is 13.3 Å². The van der Waals surface area contributed by atoms with E-state index in [1.54, 1.807) is 0 Å². The van der Waals surface area contributed by atoms with E-state index in [0.717, 1.165) is 16.8 Å². The smallest absolute Gasteiger partial charge is 0.337 e. The normalized spacial score (nSPS) is 10.6. The summed E-state index contributed by atoms with van der Waals surface area (Å²) in [6.45, 7) is 1.23. The number of amides is 1. The molecular weight excluding hydrogens is 762 g/mol. The first-order valence-electron chi connectivity index (χ1n) is 6.88. The maximum Gasteiger partial charge on any atom is 0.337 e. The predicted molar refractivity (Wildman–Crippen MR) is 124 cm³/mol. The van der Waals surface area contributed by atoms with E-state index in [9.17, 15) is 18.4 Å². The summed E-state index contributed by atoms with van der Waals surface area (Å²) in [5.74, 6) is -1.87. The summed E-state index contributed by atoms with van der Waals surface area (Å²) >= 11 is 1.09. The number of aromatic hydroxyl groups is 1. The van der Waals surface area contributed by atoms with Crippen molar-refractivity contribution in [2.75, 3.05) is 5.32 Å². The molecule has 2 aromatic rings. The summed E-state index contributed by atoms with van der Waals surface area (Å²) in [6.07, 6.45) is 0. The Morgan fingerprint density at radius 1 is 1.07 bits per heavy atom. The second kappa shape index (κ2) is 10.4. The van der Waals surface area contributed by atoms with Crippen molar-refractivity contribution in [3.8, 4) is 5.75 Å². The summed E-state index contributed by atoms with van der Waals surface area (Å²) in [5, 5.41) is 20.6. The van der Waals surface area contributed by atoms with Crippen LogP contribution in [0, 0.1) is 10.7 Å². The first-order chi connectivity index (χ1) is 12.3. The Kier molecular flexibility index (Phi) is 9.54. The van der Waals surface area contributed by atoms with E-state index < -0.39 is 36.1 Å². The van der Waals surface area contributed by atoms with Crippen LogP contribution in [0.25, 0.3) is 0 Å². The third-order valence-corrected chi connectivity index (χ3v) is 7.26. The van der Waals surface area contributed by atoms with E-state index in [0.29, 0.717) is 5.56 Å². The number of anilines is 1. The molecule has 0 fully saturated rings. The molecule has 1 amide bonds. The van der Waals surface area contributed by atoms with Crippen LogP contribution in [0.4, 0.5) is 5.69 Å². The number of hydrogen-bond donors (Lipinski definition) is 5. The van der Waals surface area contributed by atoms with Crippen molar-refractivity contribution in [1.29, 1.82) is 0 Å². The largest absolute Gasteiger partial charge is 0.478 e. The van der Waals surface area contributed by atoms with Gasteiger partial charge < -0.3 is 5.11 Å². The number of rotatable bonds is 3. The number of phenolic OH excluding ortho intramolecular Hbond substituents is 1. The molecule has 0 aliphatic rings. The number of nitrogens with one attached hydrogen (secondary N) is 1. The molecule has 2 rings (SSSR count). The summed E-state index contributed by atoms with van der Waals surface area (Å²) in [5.41, 5.74) is 0.390. The Hall–Kier alpha value is -0.352. The van der Waals surface area contributed by atoms with Crippen molar-refractivity contribution >= 4 is 104 Å². The van der Waals surface area contributed by atoms with E-state index in [-0.39, 0.29) is 5.69 Å². The fourth-order valence-corrected chi connectivity index (χ4v) is 7.27. The van der Waals surface area contributed by atoms with Crippen LogP contribution in [0.5, 0.6) is 5.75 Å². The fourth-order valence-electron chi connectivity index (χ4n) is 1.80. The van der Waals surface area contributed by atoms with Gasteiger partial charge >= 0.3 is 94.1 Å². The molecule has 0 atom stereocenters. The van der Waals surface area contributed by atoms with E-state index in [1.807, 2.05) is 57.3 Å². The maximum absolute atomic E-state index is 11.0. The summed E-state index contributed by atoms with van der Waals surface area (Å²) in [6, 6.07) is 7.53. The van der Waals surface area contributed by atoms with Crippen LogP contribution >= 0.6 is 67.8 Å². The number of benzene rings is 2. The molecule has 0 aromatic heterocycles. The van der Waals surface area contributed by atoms with Crippen LogP contribution in [0.3, 0.4) is 0 Å². The van der Waals surface area contributed by atoms with Gasteiger partial charge in [0, 0.05) is 10.7 Å². The molecule has 0 unspecified atom stereocenters. The Morgan fingerprint density at radius 3 is 2.00 bits per heavy atom. The van der Waals surface area contributed by atoms with Crippen LogP contribution in [0.15, 0.2) is 30.3 Å². The average molecular weight is 775 g/mol. The second-order valence-corrected chi connectivity index (χ2v) is 11.8. The van der Waals surface area contributed by atoms with Gasteiger partial charge in [0.1, 0.15) is 0 Å². The molecule has 0 saturated carbocycles. The van der Waals surface area contributed by atoms with Gasteiger partial charge in [-0.25, -0.2) is 4.79 Å². The van der Waals surface area contributed by atoms with Crippen molar-refractivity contribution in [3.05, 3.63) is 46.6 Å². The van der Waals surface area contributed by atoms with Crippen molar-refractivity contribution in [2.45, 2.75) is 6.92 Å². The zero-order valence-corrected chi connectivity index (χ0v) is 21.8. The van der Waals surface area contributed by atoms with E-state index >= 15 is 0 Å². The number of para-hydroxylation sites is 1. The van der Waals surface area contributed by atoms with Crippen molar-refractivity contribution in [1.82, 2.24) is 0 Å². The molecule has 8 nitrogen and oxygen atoms in total. The van der Waals surface area contributed by atoms with Crippen molar-refractivity contribution < 1.29 is 31.7 Å². The molecule has 0 aliphatic heterocycles. The molecule has 146 valence electrons. The molecule has 0 heterocycles. The first kappa shape index (κ1) is 24.7. The van der Waals surface area contributed by atoms with Crippen LogP contribution < -0.4 is 9.67 Å². The molecule has 5 N–H and O–H groups in total. The maximum atomic E-state index is 11.0. The number of carbonyl (C=O) groups excluding carboxylic acids is 1. The standard InChI is InChI=1S/C8H10AsNO5.C7H3I3O2/c1-5(11)10-7-4-2-3-6(8(7)12)9(13,14)15;8-3-1-4(9)6(7(11)12)5(10)2-3/h2-4,12H,1H3,(H,10,11)(H2,13,14,15);1-2H,(H,11,12). The predicted octanol–water partition coefficient (Wildman–Crippen LogP) is 2.11. The Morgan fingerprint density at radius 2 is 1.59 bits per heavy atom. The molecule has 0 spiro atoms. The minimum absolute atomic E-state index is 0.00951. The number of halogens is 3. The van der Waals surface area contributed by atoms with Crippen molar-refractivity contribution in [3.63, 3.8) is 0 Å². The topological polar surface area (TPSA) is 144 Å². The zero-order valence-electron chi connectivity index (χ0n) is 13.5. The second-order valence-electron chi connectivity index (χ2n) is 4.95. The molecule has 0 radical (unpaired) electrons. The number of hydrogen-bond acceptors (Lipinski definition) is 4. The minimum Gasteiger partial charge on any atom is -0.478 e. The van der Waals surface area contributed by atoms with Gasteiger partial charge in [0.2, 0.25) is 0 Å². The minimum atomic E-state index is -5.15. The number of carboxylic acid groups (broad SMARTS) is 1. The molecule has 0 saturated heterocycles. The Balaban J connectivity index is 0.000000277. The molecule has 0 bridgehead atoms. The molecule has 12 heteroatoms. The summed E-state index contributed by atoms with van der Waals surface area (Å²) in [7, 11) is 0. The van der Waals surface area contributed by atoms with E-state index in [1.165, 1.54) is 19.1 Å². The quantitative estimate of drug-likeness (QED) is 0.183. The molecule has 0 aliphatic carbocycles. The first-order valence-corrected chi connectivity index (χ1v) is 13.5. The van der Waals surface area contributed by atoms with Gasteiger partial charge in [-0.05, 0) is 79.9 Å². The van der Waals surface area contributed by atoms with Gasteiger partial charge in [-0.15, -0.1) is 0 Å². The van der Waals surface area contributed by atoms with Gasteiger partial charge in [-0.2, -0.15) is 0 Å². The van der Waals surface area contributed by atoms with Crippen molar-refractivity contribution in [2.24, 2.45) is 0 Å². The van der Waals surface area contributed by atoms with Gasteiger partial charge in [0.15, 0.2) is 0 Å². The molecular formula is C15H13AsI3NO7. The van der Waals surface area contributed by atoms with Crippen LogP contribution in [0.1, 0.15) is 17.3 Å². The number of carbonyl (C=O) groups is 2. The summed E-state index contributed by atoms with van der Waals surface area (Å²) in [4.78, 5) is 21.5. The van der Waals surface area contributed by atoms with Crippen LogP contribution in [0.2, 0.25) is 0 Å². The fraction of sp³-hybridized carbons (Fsp3) is 0.0667. The molecule has 2 aromatic carbocycles. The third-order valence-electron chi connectivity index (χ3n) is 2.86. The Bertz CT molecular complexity index is 907. The number of carboxylic acids is 1. The number of phenols is 1. The van der Waals surface area contributed by atoms with Crippen LogP contribution in [-0.2, 0) is 8.53 Å². The van der Waals surface area contributed by atoms with Gasteiger partial charge in [-0.1, -0.05) is 0 Å².